The third-order valence-corrected chi connectivity index (χ3v) is 3.25. The summed E-state index contributed by atoms with van der Waals surface area (Å²) in [6.45, 7) is 5.74. The summed E-state index contributed by atoms with van der Waals surface area (Å²) >= 11 is 11.9. The van der Waals surface area contributed by atoms with E-state index in [2.05, 4.69) is 20.6 Å². The van der Waals surface area contributed by atoms with E-state index in [1.807, 2.05) is 13.8 Å². The number of carbonyl (C=O) groups is 1. The number of amides is 1. The van der Waals surface area contributed by atoms with Crippen LogP contribution >= 0.6 is 23.2 Å². The highest BCUT2D eigenvalue weighted by Crippen LogP contribution is 2.25. The van der Waals surface area contributed by atoms with Crippen molar-refractivity contribution in [3.8, 4) is 0 Å². The second kappa shape index (κ2) is 6.94. The number of aromatic nitrogens is 2. The van der Waals surface area contributed by atoms with Crippen LogP contribution < -0.4 is 10.6 Å². The van der Waals surface area contributed by atoms with Crippen LogP contribution in [0.3, 0.4) is 0 Å². The van der Waals surface area contributed by atoms with E-state index in [0.29, 0.717) is 27.4 Å². The third kappa shape index (κ3) is 4.32. The van der Waals surface area contributed by atoms with Crippen molar-refractivity contribution in [2.45, 2.75) is 26.8 Å². The average Bonchev–Trinajstić information content (AvgIpc) is 2.41. The second-order valence-electron chi connectivity index (χ2n) is 5.10. The Morgan fingerprint density at radius 1 is 1.18 bits per heavy atom. The molecule has 22 heavy (non-hydrogen) atoms. The normalized spacial score (nSPS) is 10.6. The molecule has 1 aromatic carbocycles. The van der Waals surface area contributed by atoms with Gasteiger partial charge in [-0.15, -0.1) is 0 Å². The van der Waals surface area contributed by atoms with E-state index in [-0.39, 0.29) is 17.6 Å². The maximum atomic E-state index is 12.3. The van der Waals surface area contributed by atoms with Gasteiger partial charge in [0, 0.05) is 16.8 Å². The first-order valence-electron chi connectivity index (χ1n) is 6.74. The van der Waals surface area contributed by atoms with Crippen molar-refractivity contribution in [1.29, 1.82) is 0 Å². The number of hydrogen-bond acceptors (Lipinski definition) is 4. The number of hydrogen-bond donors (Lipinski definition) is 2. The SMILES string of the molecule is Cc1cc(C(=O)Nc2cc(Cl)ccc2Cl)nc(NC(C)C)n1. The Bertz CT molecular complexity index is 704. The maximum Gasteiger partial charge on any atom is 0.274 e. The molecule has 5 nitrogen and oxygen atoms in total. The zero-order valence-corrected chi connectivity index (χ0v) is 14.0. The number of carbonyl (C=O) groups excluding carboxylic acids is 1. The Kier molecular flexibility index (Phi) is 5.21. The van der Waals surface area contributed by atoms with Gasteiger partial charge in [0.25, 0.3) is 5.91 Å². The first kappa shape index (κ1) is 16.5. The molecule has 1 amide bonds. The monoisotopic (exact) mass is 338 g/mol. The molecule has 0 aliphatic carbocycles. The molecule has 116 valence electrons. The van der Waals surface area contributed by atoms with Crippen molar-refractivity contribution in [3.05, 3.63) is 45.7 Å². The Morgan fingerprint density at radius 2 is 1.91 bits per heavy atom. The number of rotatable bonds is 4. The number of anilines is 2. The third-order valence-electron chi connectivity index (χ3n) is 2.68. The molecular formula is C15H16Cl2N4O. The molecule has 1 heterocycles. The van der Waals surface area contributed by atoms with Crippen LogP contribution in [0.5, 0.6) is 0 Å². The summed E-state index contributed by atoms with van der Waals surface area (Å²) in [5, 5.41) is 6.67. The van der Waals surface area contributed by atoms with Crippen molar-refractivity contribution >= 4 is 40.7 Å². The lowest BCUT2D eigenvalue weighted by molar-refractivity contribution is 0.102. The number of nitrogens with zero attached hydrogens (tertiary/aromatic N) is 2. The van der Waals surface area contributed by atoms with Gasteiger partial charge in [-0.25, -0.2) is 9.97 Å². The van der Waals surface area contributed by atoms with E-state index in [0.717, 1.165) is 0 Å². The van der Waals surface area contributed by atoms with Crippen LogP contribution in [0.25, 0.3) is 0 Å². The average molecular weight is 339 g/mol. The molecule has 7 heteroatoms. The summed E-state index contributed by atoms with van der Waals surface area (Å²) in [6.07, 6.45) is 0. The van der Waals surface area contributed by atoms with Crippen molar-refractivity contribution in [1.82, 2.24) is 9.97 Å². The van der Waals surface area contributed by atoms with Crippen LogP contribution in [0, 0.1) is 6.92 Å². The molecule has 0 aliphatic heterocycles. The minimum atomic E-state index is -0.374. The first-order valence-corrected chi connectivity index (χ1v) is 7.49. The van der Waals surface area contributed by atoms with Gasteiger partial charge in [-0.05, 0) is 45.0 Å². The lowest BCUT2D eigenvalue weighted by atomic mass is 10.3. The van der Waals surface area contributed by atoms with E-state index >= 15 is 0 Å². The van der Waals surface area contributed by atoms with Gasteiger partial charge < -0.3 is 10.6 Å². The fourth-order valence-corrected chi connectivity index (χ4v) is 2.12. The Morgan fingerprint density at radius 3 is 2.59 bits per heavy atom. The standard InChI is InChI=1S/C15H16Cl2N4O/c1-8(2)18-15-19-9(3)6-13(21-15)14(22)20-12-7-10(16)4-5-11(12)17/h4-8H,1-3H3,(H,20,22)(H,18,19,21). The molecule has 2 N–H and O–H groups in total. The van der Waals surface area contributed by atoms with Gasteiger partial charge in [0.15, 0.2) is 0 Å². The van der Waals surface area contributed by atoms with Crippen LogP contribution in [-0.4, -0.2) is 21.9 Å². The quantitative estimate of drug-likeness (QED) is 0.878. The van der Waals surface area contributed by atoms with Crippen molar-refractivity contribution in [2.75, 3.05) is 10.6 Å². The van der Waals surface area contributed by atoms with Gasteiger partial charge in [0.2, 0.25) is 5.95 Å². The predicted molar refractivity (Wildman–Crippen MR) is 89.9 cm³/mol. The Balaban J connectivity index is 2.25. The molecule has 0 unspecified atom stereocenters. The van der Waals surface area contributed by atoms with Gasteiger partial charge in [-0.1, -0.05) is 23.2 Å². The molecule has 0 spiro atoms. The summed E-state index contributed by atoms with van der Waals surface area (Å²) in [7, 11) is 0. The highest BCUT2D eigenvalue weighted by Gasteiger charge is 2.13. The molecule has 1 aromatic heterocycles. The fraction of sp³-hybridized carbons (Fsp3) is 0.267. The van der Waals surface area contributed by atoms with E-state index in [1.165, 1.54) is 0 Å². The highest BCUT2D eigenvalue weighted by molar-refractivity contribution is 6.35. The first-order chi connectivity index (χ1) is 10.3. The Hall–Kier alpha value is -1.85. The molecule has 0 fully saturated rings. The molecule has 0 bridgehead atoms. The molecular weight excluding hydrogens is 323 g/mol. The van der Waals surface area contributed by atoms with E-state index in [4.69, 9.17) is 23.2 Å². The number of halogens is 2. The summed E-state index contributed by atoms with van der Waals surface area (Å²) in [5.74, 6) is 0.0406. The van der Waals surface area contributed by atoms with E-state index < -0.39 is 0 Å². The van der Waals surface area contributed by atoms with Crippen LogP contribution in [0.1, 0.15) is 30.0 Å². The molecule has 2 rings (SSSR count). The molecule has 0 radical (unpaired) electrons. The Labute approximate surface area is 139 Å². The lowest BCUT2D eigenvalue weighted by Gasteiger charge is -2.11. The highest BCUT2D eigenvalue weighted by atomic mass is 35.5. The van der Waals surface area contributed by atoms with Crippen molar-refractivity contribution < 1.29 is 4.79 Å². The summed E-state index contributed by atoms with van der Waals surface area (Å²) in [6, 6.07) is 6.64. The smallest absolute Gasteiger partial charge is 0.274 e. The zero-order chi connectivity index (χ0) is 16.3. The van der Waals surface area contributed by atoms with Crippen LogP contribution in [0.2, 0.25) is 10.0 Å². The lowest BCUT2D eigenvalue weighted by Crippen LogP contribution is -2.18. The fourth-order valence-electron chi connectivity index (χ4n) is 1.79. The molecule has 0 saturated carbocycles. The van der Waals surface area contributed by atoms with Crippen LogP contribution in [-0.2, 0) is 0 Å². The number of nitrogens with one attached hydrogen (secondary N) is 2. The van der Waals surface area contributed by atoms with Crippen molar-refractivity contribution in [2.24, 2.45) is 0 Å². The number of benzene rings is 1. The molecule has 0 atom stereocenters. The molecule has 0 aliphatic rings. The van der Waals surface area contributed by atoms with Gasteiger partial charge >= 0.3 is 0 Å². The summed E-state index contributed by atoms with van der Waals surface area (Å²) in [4.78, 5) is 20.8. The van der Waals surface area contributed by atoms with E-state index in [1.54, 1.807) is 31.2 Å². The van der Waals surface area contributed by atoms with E-state index in [9.17, 15) is 4.79 Å². The van der Waals surface area contributed by atoms with Gasteiger partial charge in [-0.3, -0.25) is 4.79 Å². The second-order valence-corrected chi connectivity index (χ2v) is 5.94. The minimum Gasteiger partial charge on any atom is -0.352 e. The number of aryl methyl sites for hydroxylation is 1. The maximum absolute atomic E-state index is 12.3. The topological polar surface area (TPSA) is 66.9 Å². The molecule has 0 saturated heterocycles. The van der Waals surface area contributed by atoms with Gasteiger partial charge in [0.05, 0.1) is 10.7 Å². The largest absolute Gasteiger partial charge is 0.352 e. The van der Waals surface area contributed by atoms with Crippen LogP contribution in [0.15, 0.2) is 24.3 Å². The predicted octanol–water partition coefficient (Wildman–Crippen LogP) is 4.16. The van der Waals surface area contributed by atoms with Gasteiger partial charge in [0.1, 0.15) is 5.69 Å². The van der Waals surface area contributed by atoms with Crippen molar-refractivity contribution in [3.63, 3.8) is 0 Å². The van der Waals surface area contributed by atoms with Crippen LogP contribution in [0.4, 0.5) is 11.6 Å². The summed E-state index contributed by atoms with van der Waals surface area (Å²) in [5.41, 5.74) is 1.39. The zero-order valence-electron chi connectivity index (χ0n) is 12.4. The molecule has 2 aromatic rings. The minimum absolute atomic E-state index is 0.167. The van der Waals surface area contributed by atoms with Gasteiger partial charge in [-0.2, -0.15) is 0 Å². The summed E-state index contributed by atoms with van der Waals surface area (Å²) < 4.78 is 0.